The van der Waals surface area contributed by atoms with E-state index in [9.17, 15) is 22.8 Å². The SMILES string of the molecule is Cc1ccc2nc(C(F)(F)F)c(C(=O)NC3CCCCNC3=O)n2c1. The highest BCUT2D eigenvalue weighted by Crippen LogP contribution is 2.32. The molecule has 25 heavy (non-hydrogen) atoms. The van der Waals surface area contributed by atoms with Crippen LogP contribution in [0.25, 0.3) is 5.65 Å². The summed E-state index contributed by atoms with van der Waals surface area (Å²) in [5.41, 5.74) is -1.17. The lowest BCUT2D eigenvalue weighted by atomic mass is 10.1. The van der Waals surface area contributed by atoms with Gasteiger partial charge in [-0.25, -0.2) is 4.98 Å². The van der Waals surface area contributed by atoms with E-state index < -0.39 is 29.5 Å². The van der Waals surface area contributed by atoms with Gasteiger partial charge >= 0.3 is 6.18 Å². The van der Waals surface area contributed by atoms with E-state index in [1.54, 1.807) is 13.0 Å². The summed E-state index contributed by atoms with van der Waals surface area (Å²) in [6, 6.07) is 2.18. The standard InChI is InChI=1S/C16H17F3N4O2/c1-9-5-6-11-22-13(16(17,18)19)12(23(11)8-9)15(25)21-10-4-2-3-7-20-14(10)24/h5-6,8,10H,2-4,7H2,1H3,(H,20,24)(H,21,25). The monoisotopic (exact) mass is 354 g/mol. The van der Waals surface area contributed by atoms with Crippen molar-refractivity contribution in [3.63, 3.8) is 0 Å². The van der Waals surface area contributed by atoms with Gasteiger partial charge in [0.05, 0.1) is 0 Å². The highest BCUT2D eigenvalue weighted by molar-refractivity contribution is 5.98. The van der Waals surface area contributed by atoms with Gasteiger partial charge in [-0.15, -0.1) is 0 Å². The van der Waals surface area contributed by atoms with E-state index in [1.165, 1.54) is 12.3 Å². The van der Waals surface area contributed by atoms with E-state index in [2.05, 4.69) is 15.6 Å². The highest BCUT2D eigenvalue weighted by Gasteiger charge is 2.40. The molecule has 1 atom stereocenters. The van der Waals surface area contributed by atoms with Crippen molar-refractivity contribution in [2.24, 2.45) is 0 Å². The van der Waals surface area contributed by atoms with Gasteiger partial charge in [-0.05, 0) is 37.8 Å². The number of imidazole rings is 1. The Balaban J connectivity index is 2.02. The van der Waals surface area contributed by atoms with Crippen molar-refractivity contribution in [1.29, 1.82) is 0 Å². The van der Waals surface area contributed by atoms with Crippen molar-refractivity contribution in [1.82, 2.24) is 20.0 Å². The Labute approximate surface area is 141 Å². The molecule has 9 heteroatoms. The number of nitrogens with zero attached hydrogens (tertiary/aromatic N) is 2. The molecule has 0 saturated carbocycles. The minimum Gasteiger partial charge on any atom is -0.354 e. The number of fused-ring (bicyclic) bond motifs is 1. The molecule has 0 spiro atoms. The summed E-state index contributed by atoms with van der Waals surface area (Å²) in [4.78, 5) is 28.1. The highest BCUT2D eigenvalue weighted by atomic mass is 19.4. The Morgan fingerprint density at radius 2 is 2.12 bits per heavy atom. The summed E-state index contributed by atoms with van der Waals surface area (Å²) in [5.74, 6) is -1.35. The average Bonchev–Trinajstić information content (AvgIpc) is 2.80. The summed E-state index contributed by atoms with van der Waals surface area (Å²) in [6.45, 7) is 2.20. The number of hydrogen-bond acceptors (Lipinski definition) is 3. The fourth-order valence-corrected chi connectivity index (χ4v) is 2.87. The number of rotatable bonds is 2. The zero-order chi connectivity index (χ0) is 18.2. The Bertz CT molecular complexity index is 829. The van der Waals surface area contributed by atoms with Crippen LogP contribution in [0.1, 0.15) is 41.0 Å². The lowest BCUT2D eigenvalue weighted by molar-refractivity contribution is -0.141. The van der Waals surface area contributed by atoms with Crippen molar-refractivity contribution >= 4 is 17.5 Å². The second kappa shape index (κ2) is 6.38. The van der Waals surface area contributed by atoms with Gasteiger partial charge in [0.25, 0.3) is 5.91 Å². The summed E-state index contributed by atoms with van der Waals surface area (Å²) >= 11 is 0. The molecule has 0 radical (unpaired) electrons. The molecule has 2 amide bonds. The average molecular weight is 354 g/mol. The van der Waals surface area contributed by atoms with Gasteiger partial charge in [0.15, 0.2) is 5.69 Å². The zero-order valence-electron chi connectivity index (χ0n) is 13.5. The predicted molar refractivity (Wildman–Crippen MR) is 83.0 cm³/mol. The molecule has 3 heterocycles. The maximum atomic E-state index is 13.3. The smallest absolute Gasteiger partial charge is 0.354 e. The van der Waals surface area contributed by atoms with Crippen LogP contribution in [0.2, 0.25) is 0 Å². The molecule has 2 aromatic rings. The quantitative estimate of drug-likeness (QED) is 0.867. The van der Waals surface area contributed by atoms with Gasteiger partial charge in [0.1, 0.15) is 17.4 Å². The van der Waals surface area contributed by atoms with Gasteiger partial charge in [0, 0.05) is 12.7 Å². The number of halogens is 3. The molecule has 0 aromatic carbocycles. The lowest BCUT2D eigenvalue weighted by Gasteiger charge is -2.16. The molecule has 1 aliphatic heterocycles. The number of aryl methyl sites for hydroxylation is 1. The van der Waals surface area contributed by atoms with Gasteiger partial charge in [0.2, 0.25) is 5.91 Å². The minimum atomic E-state index is -4.78. The first-order valence-corrected chi connectivity index (χ1v) is 7.92. The van der Waals surface area contributed by atoms with Gasteiger partial charge in [-0.2, -0.15) is 13.2 Å². The molecular formula is C16H17F3N4O2. The maximum Gasteiger partial charge on any atom is 0.435 e. The molecule has 2 aromatic heterocycles. The fourth-order valence-electron chi connectivity index (χ4n) is 2.87. The Morgan fingerprint density at radius 1 is 1.36 bits per heavy atom. The largest absolute Gasteiger partial charge is 0.435 e. The number of aromatic nitrogens is 2. The first kappa shape index (κ1) is 17.2. The predicted octanol–water partition coefficient (Wildman–Crippen LogP) is 2.06. The zero-order valence-corrected chi connectivity index (χ0v) is 13.5. The van der Waals surface area contributed by atoms with E-state index in [0.29, 0.717) is 24.9 Å². The Kier molecular flexibility index (Phi) is 4.40. The van der Waals surface area contributed by atoms with E-state index >= 15 is 0 Å². The molecule has 1 fully saturated rings. The van der Waals surface area contributed by atoms with E-state index in [1.807, 2.05) is 0 Å². The molecule has 1 saturated heterocycles. The lowest BCUT2D eigenvalue weighted by Crippen LogP contribution is -2.46. The van der Waals surface area contributed by atoms with Crippen LogP contribution >= 0.6 is 0 Å². The number of hydrogen-bond donors (Lipinski definition) is 2. The minimum absolute atomic E-state index is 0.0217. The number of amides is 2. The van der Waals surface area contributed by atoms with Gasteiger partial charge < -0.3 is 10.6 Å². The normalized spacial score (nSPS) is 18.7. The molecule has 1 aliphatic rings. The molecule has 6 nitrogen and oxygen atoms in total. The van der Waals surface area contributed by atoms with Crippen molar-refractivity contribution < 1.29 is 22.8 Å². The van der Waals surface area contributed by atoms with Crippen LogP contribution in [0.15, 0.2) is 18.3 Å². The van der Waals surface area contributed by atoms with E-state index in [0.717, 1.165) is 10.8 Å². The Morgan fingerprint density at radius 3 is 2.84 bits per heavy atom. The second-order valence-electron chi connectivity index (χ2n) is 6.05. The van der Waals surface area contributed by atoms with Crippen LogP contribution in [0, 0.1) is 6.92 Å². The molecule has 1 unspecified atom stereocenters. The molecule has 134 valence electrons. The van der Waals surface area contributed by atoms with Crippen LogP contribution in [0.3, 0.4) is 0 Å². The van der Waals surface area contributed by atoms with Crippen LogP contribution < -0.4 is 10.6 Å². The van der Waals surface area contributed by atoms with Gasteiger partial charge in [-0.3, -0.25) is 14.0 Å². The first-order chi connectivity index (χ1) is 11.8. The topological polar surface area (TPSA) is 75.5 Å². The molecule has 0 bridgehead atoms. The third-order valence-corrected chi connectivity index (χ3v) is 4.09. The molecule has 2 N–H and O–H groups in total. The molecular weight excluding hydrogens is 337 g/mol. The summed E-state index contributed by atoms with van der Waals surface area (Å²) in [5, 5.41) is 5.06. The second-order valence-corrected chi connectivity index (χ2v) is 6.05. The van der Waals surface area contributed by atoms with E-state index in [-0.39, 0.29) is 11.6 Å². The van der Waals surface area contributed by atoms with Crippen LogP contribution in [-0.4, -0.2) is 33.8 Å². The Hall–Kier alpha value is -2.58. The summed E-state index contributed by atoms with van der Waals surface area (Å²) in [6.07, 6.45) is -1.52. The number of carbonyl (C=O) groups excluding carboxylic acids is 2. The van der Waals surface area contributed by atoms with Gasteiger partial charge in [-0.1, -0.05) is 6.07 Å². The number of carbonyl (C=O) groups is 2. The van der Waals surface area contributed by atoms with Crippen LogP contribution in [-0.2, 0) is 11.0 Å². The summed E-state index contributed by atoms with van der Waals surface area (Å²) in [7, 11) is 0. The molecule has 0 aliphatic carbocycles. The van der Waals surface area contributed by atoms with Crippen molar-refractivity contribution in [3.05, 3.63) is 35.3 Å². The number of alkyl halides is 3. The third kappa shape index (κ3) is 3.45. The van der Waals surface area contributed by atoms with E-state index in [4.69, 9.17) is 0 Å². The number of nitrogens with one attached hydrogen (secondary N) is 2. The first-order valence-electron chi connectivity index (χ1n) is 7.92. The number of pyridine rings is 1. The van der Waals surface area contributed by atoms with Crippen molar-refractivity contribution in [2.75, 3.05) is 6.54 Å². The molecule has 3 rings (SSSR count). The van der Waals surface area contributed by atoms with Crippen LogP contribution in [0.4, 0.5) is 13.2 Å². The summed E-state index contributed by atoms with van der Waals surface area (Å²) < 4.78 is 41.1. The third-order valence-electron chi connectivity index (χ3n) is 4.09. The van der Waals surface area contributed by atoms with Crippen molar-refractivity contribution in [3.8, 4) is 0 Å². The fraction of sp³-hybridized carbons (Fsp3) is 0.438. The van der Waals surface area contributed by atoms with Crippen molar-refractivity contribution in [2.45, 2.75) is 38.4 Å². The van der Waals surface area contributed by atoms with Crippen LogP contribution in [0.5, 0.6) is 0 Å². The maximum absolute atomic E-state index is 13.3.